The fourth-order valence-electron chi connectivity index (χ4n) is 2.76. The van der Waals surface area contributed by atoms with Gasteiger partial charge in [0.25, 0.3) is 0 Å². The van der Waals surface area contributed by atoms with Crippen LogP contribution in [0, 0.1) is 0 Å². The summed E-state index contributed by atoms with van der Waals surface area (Å²) >= 11 is 5.97. The SMILES string of the molecule is CC(=O)Nc1ccc(NC(=O)C(Cc2ccco2)c2ccc(Cl)cc2)cc1. The van der Waals surface area contributed by atoms with Gasteiger partial charge in [0, 0.05) is 29.7 Å². The summed E-state index contributed by atoms with van der Waals surface area (Å²) in [7, 11) is 0. The Kier molecular flexibility index (Phi) is 5.94. The third-order valence-corrected chi connectivity index (χ3v) is 4.30. The third-order valence-electron chi connectivity index (χ3n) is 4.05. The number of carbonyl (C=O) groups is 2. The number of hydrogen-bond acceptors (Lipinski definition) is 3. The van der Waals surface area contributed by atoms with Crippen LogP contribution in [0.1, 0.15) is 24.2 Å². The van der Waals surface area contributed by atoms with Crippen LogP contribution in [0.2, 0.25) is 5.02 Å². The molecule has 3 aromatic rings. The van der Waals surface area contributed by atoms with E-state index >= 15 is 0 Å². The van der Waals surface area contributed by atoms with Crippen LogP contribution in [0.25, 0.3) is 0 Å². The topological polar surface area (TPSA) is 71.3 Å². The fourth-order valence-corrected chi connectivity index (χ4v) is 2.88. The Bertz CT molecular complexity index is 904. The summed E-state index contributed by atoms with van der Waals surface area (Å²) in [6, 6.07) is 17.8. The molecule has 6 heteroatoms. The summed E-state index contributed by atoms with van der Waals surface area (Å²) < 4.78 is 5.42. The standard InChI is InChI=1S/C21H19ClN2O3/c1-14(25)23-17-8-10-18(11-9-17)24-21(26)20(13-19-3-2-12-27-19)15-4-6-16(22)7-5-15/h2-12,20H,13H2,1H3,(H,23,25)(H,24,26). The number of furan rings is 1. The van der Waals surface area contributed by atoms with E-state index in [9.17, 15) is 9.59 Å². The highest BCUT2D eigenvalue weighted by Crippen LogP contribution is 2.25. The van der Waals surface area contributed by atoms with Crippen molar-refractivity contribution in [3.63, 3.8) is 0 Å². The van der Waals surface area contributed by atoms with Gasteiger partial charge in [0.2, 0.25) is 11.8 Å². The molecule has 1 heterocycles. The van der Waals surface area contributed by atoms with E-state index < -0.39 is 5.92 Å². The van der Waals surface area contributed by atoms with Crippen molar-refractivity contribution in [2.75, 3.05) is 10.6 Å². The lowest BCUT2D eigenvalue weighted by Gasteiger charge is -2.17. The van der Waals surface area contributed by atoms with Gasteiger partial charge in [-0.2, -0.15) is 0 Å². The van der Waals surface area contributed by atoms with Crippen LogP contribution in [0.5, 0.6) is 0 Å². The molecule has 0 fully saturated rings. The maximum absolute atomic E-state index is 12.9. The first-order chi connectivity index (χ1) is 13.0. The largest absolute Gasteiger partial charge is 0.469 e. The van der Waals surface area contributed by atoms with E-state index in [1.807, 2.05) is 18.2 Å². The smallest absolute Gasteiger partial charge is 0.232 e. The number of halogens is 1. The van der Waals surface area contributed by atoms with Crippen molar-refractivity contribution in [3.8, 4) is 0 Å². The van der Waals surface area contributed by atoms with E-state index in [4.69, 9.17) is 16.0 Å². The minimum Gasteiger partial charge on any atom is -0.469 e. The number of nitrogens with one attached hydrogen (secondary N) is 2. The molecule has 0 saturated carbocycles. The van der Waals surface area contributed by atoms with E-state index in [-0.39, 0.29) is 11.8 Å². The van der Waals surface area contributed by atoms with Crippen molar-refractivity contribution < 1.29 is 14.0 Å². The van der Waals surface area contributed by atoms with Crippen LogP contribution >= 0.6 is 11.6 Å². The molecule has 2 amide bonds. The minimum absolute atomic E-state index is 0.145. The van der Waals surface area contributed by atoms with Crippen LogP contribution in [0.3, 0.4) is 0 Å². The van der Waals surface area contributed by atoms with Gasteiger partial charge >= 0.3 is 0 Å². The van der Waals surface area contributed by atoms with E-state index in [0.717, 1.165) is 11.3 Å². The molecule has 0 aliphatic heterocycles. The lowest BCUT2D eigenvalue weighted by atomic mass is 9.93. The molecule has 0 bridgehead atoms. The summed E-state index contributed by atoms with van der Waals surface area (Å²) in [5, 5.41) is 6.23. The molecular formula is C21H19ClN2O3. The van der Waals surface area contributed by atoms with Gasteiger partial charge in [-0.25, -0.2) is 0 Å². The Morgan fingerprint density at radius 2 is 1.59 bits per heavy atom. The van der Waals surface area contributed by atoms with Gasteiger partial charge in [0.05, 0.1) is 12.2 Å². The lowest BCUT2D eigenvalue weighted by molar-refractivity contribution is -0.117. The predicted octanol–water partition coefficient (Wildman–Crippen LogP) is 4.86. The second kappa shape index (κ2) is 8.56. The van der Waals surface area contributed by atoms with Gasteiger partial charge < -0.3 is 15.1 Å². The van der Waals surface area contributed by atoms with Gasteiger partial charge in [0.1, 0.15) is 5.76 Å². The number of carbonyl (C=O) groups excluding carboxylic acids is 2. The molecule has 138 valence electrons. The molecule has 3 rings (SSSR count). The molecule has 1 unspecified atom stereocenters. The molecule has 2 N–H and O–H groups in total. The zero-order chi connectivity index (χ0) is 19.2. The summed E-state index contributed by atoms with van der Waals surface area (Å²) in [6.07, 6.45) is 2.03. The Morgan fingerprint density at radius 1 is 0.963 bits per heavy atom. The summed E-state index contributed by atoms with van der Waals surface area (Å²) in [5.74, 6) is 0.00331. The molecule has 2 aromatic carbocycles. The lowest BCUT2D eigenvalue weighted by Crippen LogP contribution is -2.23. The molecule has 0 saturated heterocycles. The number of rotatable bonds is 6. The Morgan fingerprint density at radius 3 is 2.15 bits per heavy atom. The summed E-state index contributed by atoms with van der Waals surface area (Å²) in [5.41, 5.74) is 2.17. The molecule has 0 radical (unpaired) electrons. The van der Waals surface area contributed by atoms with Crippen molar-refractivity contribution in [1.82, 2.24) is 0 Å². The van der Waals surface area contributed by atoms with Gasteiger partial charge in [-0.1, -0.05) is 23.7 Å². The van der Waals surface area contributed by atoms with E-state index in [1.54, 1.807) is 48.7 Å². The second-order valence-corrected chi connectivity index (χ2v) is 6.57. The van der Waals surface area contributed by atoms with Crippen molar-refractivity contribution in [2.24, 2.45) is 0 Å². The molecule has 1 aromatic heterocycles. The van der Waals surface area contributed by atoms with Gasteiger partial charge in [0.15, 0.2) is 0 Å². The Hall–Kier alpha value is -3.05. The summed E-state index contributed by atoms with van der Waals surface area (Å²) in [6.45, 7) is 1.45. The minimum atomic E-state index is -0.427. The van der Waals surface area contributed by atoms with Crippen LogP contribution in [-0.4, -0.2) is 11.8 Å². The first-order valence-corrected chi connectivity index (χ1v) is 8.85. The highest BCUT2D eigenvalue weighted by atomic mass is 35.5. The highest BCUT2D eigenvalue weighted by Gasteiger charge is 2.22. The predicted molar refractivity (Wildman–Crippen MR) is 106 cm³/mol. The van der Waals surface area contributed by atoms with Crippen molar-refractivity contribution in [1.29, 1.82) is 0 Å². The number of hydrogen-bond donors (Lipinski definition) is 2. The van der Waals surface area contributed by atoms with Crippen molar-refractivity contribution in [2.45, 2.75) is 19.3 Å². The molecule has 1 atom stereocenters. The zero-order valence-corrected chi connectivity index (χ0v) is 15.5. The molecule has 0 spiro atoms. The molecule has 5 nitrogen and oxygen atoms in total. The number of amides is 2. The van der Waals surface area contributed by atoms with Crippen molar-refractivity contribution in [3.05, 3.63) is 83.3 Å². The number of benzene rings is 2. The average molecular weight is 383 g/mol. The van der Waals surface area contributed by atoms with Gasteiger partial charge in [-0.15, -0.1) is 0 Å². The fraction of sp³-hybridized carbons (Fsp3) is 0.143. The van der Waals surface area contributed by atoms with E-state index in [2.05, 4.69) is 10.6 Å². The Balaban J connectivity index is 1.77. The molecular weight excluding hydrogens is 364 g/mol. The highest BCUT2D eigenvalue weighted by molar-refractivity contribution is 6.30. The Labute approximate surface area is 162 Å². The third kappa shape index (κ3) is 5.21. The van der Waals surface area contributed by atoms with Crippen LogP contribution in [-0.2, 0) is 16.0 Å². The normalized spacial score (nSPS) is 11.6. The monoisotopic (exact) mass is 382 g/mol. The zero-order valence-electron chi connectivity index (χ0n) is 14.7. The van der Waals surface area contributed by atoms with Crippen molar-refractivity contribution >= 4 is 34.8 Å². The van der Waals surface area contributed by atoms with E-state index in [0.29, 0.717) is 22.8 Å². The molecule has 0 aliphatic rings. The van der Waals surface area contributed by atoms with Gasteiger partial charge in [-0.3, -0.25) is 9.59 Å². The molecule has 27 heavy (non-hydrogen) atoms. The second-order valence-electron chi connectivity index (χ2n) is 6.14. The van der Waals surface area contributed by atoms with Gasteiger partial charge in [-0.05, 0) is 54.1 Å². The quantitative estimate of drug-likeness (QED) is 0.639. The van der Waals surface area contributed by atoms with E-state index in [1.165, 1.54) is 6.92 Å². The maximum Gasteiger partial charge on any atom is 0.232 e. The molecule has 0 aliphatic carbocycles. The van der Waals surface area contributed by atoms with Crippen LogP contribution < -0.4 is 10.6 Å². The maximum atomic E-state index is 12.9. The van der Waals surface area contributed by atoms with Crippen LogP contribution in [0.4, 0.5) is 11.4 Å². The number of anilines is 2. The van der Waals surface area contributed by atoms with Crippen LogP contribution in [0.15, 0.2) is 71.3 Å². The summed E-state index contributed by atoms with van der Waals surface area (Å²) in [4.78, 5) is 24.0. The average Bonchev–Trinajstić information content (AvgIpc) is 3.15. The first-order valence-electron chi connectivity index (χ1n) is 8.47. The first kappa shape index (κ1) is 18.7.